The van der Waals surface area contributed by atoms with E-state index in [1.54, 1.807) is 7.05 Å². The van der Waals surface area contributed by atoms with Crippen LogP contribution in [0.1, 0.15) is 24.3 Å². The van der Waals surface area contributed by atoms with Crippen LogP contribution in [-0.4, -0.2) is 38.5 Å². The average Bonchev–Trinajstić information content (AvgIpc) is 3.01. The van der Waals surface area contributed by atoms with Crippen molar-refractivity contribution in [1.29, 1.82) is 0 Å². The third kappa shape index (κ3) is 4.86. The maximum absolute atomic E-state index is 12.5. The number of rotatable bonds is 8. The Bertz CT molecular complexity index is 845. The third-order valence-electron chi connectivity index (χ3n) is 4.20. The molecule has 7 nitrogen and oxygen atoms in total. The first-order valence-electron chi connectivity index (χ1n) is 8.44. The molecule has 3 N–H and O–H groups in total. The monoisotopic (exact) mass is 378 g/mol. The quantitative estimate of drug-likeness (QED) is 0.653. The smallest absolute Gasteiger partial charge is 0.268 e. The van der Waals surface area contributed by atoms with Gasteiger partial charge in [-0.05, 0) is 31.2 Å². The second-order valence-electron chi connectivity index (χ2n) is 6.45. The summed E-state index contributed by atoms with van der Waals surface area (Å²) in [6.07, 6.45) is 1.42. The van der Waals surface area contributed by atoms with Gasteiger partial charge in [0.05, 0.1) is 0 Å². The summed E-state index contributed by atoms with van der Waals surface area (Å²) in [5, 5.41) is 6.30. The molecule has 0 aliphatic rings. The van der Waals surface area contributed by atoms with E-state index in [1.807, 2.05) is 30.3 Å². The van der Waals surface area contributed by atoms with E-state index in [0.717, 1.165) is 5.69 Å². The van der Waals surface area contributed by atoms with Gasteiger partial charge in [-0.2, -0.15) is 0 Å². The lowest BCUT2D eigenvalue weighted by atomic mass is 10.0. The lowest BCUT2D eigenvalue weighted by Gasteiger charge is -2.24. The van der Waals surface area contributed by atoms with Crippen molar-refractivity contribution in [2.24, 2.45) is 13.0 Å². The van der Waals surface area contributed by atoms with Gasteiger partial charge in [0.25, 0.3) is 5.91 Å². The Morgan fingerprint density at radius 1 is 1.19 bits per heavy atom. The first-order chi connectivity index (χ1) is 12.2. The van der Waals surface area contributed by atoms with Gasteiger partial charge in [-0.3, -0.25) is 4.79 Å². The fraction of sp³-hybridized carbons (Fsp3) is 0.389. The number of carbonyl (C=O) groups excluding carboxylic acids is 1. The van der Waals surface area contributed by atoms with E-state index in [9.17, 15) is 13.2 Å². The van der Waals surface area contributed by atoms with E-state index in [1.165, 1.54) is 23.9 Å². The zero-order chi connectivity index (χ0) is 19.3. The number of carbonyl (C=O) groups is 1. The molecule has 0 aliphatic heterocycles. The number of aryl methyl sites for hydroxylation is 1. The molecule has 1 atom stereocenters. The Kier molecular flexibility index (Phi) is 6.44. The predicted molar refractivity (Wildman–Crippen MR) is 103 cm³/mol. The van der Waals surface area contributed by atoms with Crippen molar-refractivity contribution < 1.29 is 13.2 Å². The van der Waals surface area contributed by atoms with Gasteiger partial charge < -0.3 is 15.2 Å². The van der Waals surface area contributed by atoms with E-state index in [2.05, 4.69) is 29.2 Å². The van der Waals surface area contributed by atoms with Gasteiger partial charge >= 0.3 is 0 Å². The van der Waals surface area contributed by atoms with Gasteiger partial charge in [0.15, 0.2) is 0 Å². The molecule has 26 heavy (non-hydrogen) atoms. The van der Waals surface area contributed by atoms with E-state index in [0.29, 0.717) is 18.2 Å². The van der Waals surface area contributed by atoms with E-state index >= 15 is 0 Å². The number of hydrogen-bond acceptors (Lipinski definition) is 4. The summed E-state index contributed by atoms with van der Waals surface area (Å²) in [6.45, 7) is 4.57. The lowest BCUT2D eigenvalue weighted by Crippen LogP contribution is -2.40. The van der Waals surface area contributed by atoms with Crippen LogP contribution in [0.4, 0.5) is 5.69 Å². The topological polar surface area (TPSA) is 92.2 Å². The summed E-state index contributed by atoms with van der Waals surface area (Å²) in [4.78, 5) is 12.6. The van der Waals surface area contributed by atoms with Crippen LogP contribution >= 0.6 is 0 Å². The first kappa shape index (κ1) is 20.0. The summed E-state index contributed by atoms with van der Waals surface area (Å²) in [7, 11) is -0.600. The highest BCUT2D eigenvalue weighted by Crippen LogP contribution is 2.14. The second kappa shape index (κ2) is 8.37. The summed E-state index contributed by atoms with van der Waals surface area (Å²) in [5.74, 6) is -0.0188. The van der Waals surface area contributed by atoms with Gasteiger partial charge in [-0.1, -0.05) is 32.0 Å². The van der Waals surface area contributed by atoms with Crippen LogP contribution in [0.15, 0.2) is 47.5 Å². The Labute approximate surface area is 154 Å². The molecule has 2 rings (SSSR count). The van der Waals surface area contributed by atoms with Crippen LogP contribution in [0.25, 0.3) is 0 Å². The number of anilines is 1. The second-order valence-corrected chi connectivity index (χ2v) is 8.34. The number of hydrogen-bond donors (Lipinski definition) is 3. The fourth-order valence-corrected chi connectivity index (χ4v) is 3.32. The van der Waals surface area contributed by atoms with Gasteiger partial charge in [-0.25, -0.2) is 13.1 Å². The summed E-state index contributed by atoms with van der Waals surface area (Å²) in [5.41, 5.74) is 1.28. The third-order valence-corrected chi connectivity index (χ3v) is 5.59. The highest BCUT2D eigenvalue weighted by atomic mass is 32.2. The van der Waals surface area contributed by atoms with Gasteiger partial charge in [0, 0.05) is 31.5 Å². The van der Waals surface area contributed by atoms with Crippen molar-refractivity contribution in [2.75, 3.05) is 18.9 Å². The van der Waals surface area contributed by atoms with Crippen molar-refractivity contribution >= 4 is 21.6 Å². The highest BCUT2D eigenvalue weighted by molar-refractivity contribution is 7.89. The Hall–Kier alpha value is -2.32. The standard InChI is InChI=1S/C18H26N4O3S/c1-13(2)16(21-14-8-6-5-7-9-14)11-20-18(23)17-10-15(12-22(17)4)26(24,25)19-3/h5-10,12-13,16,19,21H,11H2,1-4H3,(H,20,23). The fourth-order valence-electron chi connectivity index (χ4n) is 2.52. The van der Waals surface area contributed by atoms with E-state index in [-0.39, 0.29) is 16.8 Å². The van der Waals surface area contributed by atoms with Crippen molar-refractivity contribution in [3.63, 3.8) is 0 Å². The van der Waals surface area contributed by atoms with E-state index < -0.39 is 10.0 Å². The van der Waals surface area contributed by atoms with Crippen LogP contribution in [0, 0.1) is 5.92 Å². The van der Waals surface area contributed by atoms with Crippen LogP contribution < -0.4 is 15.4 Å². The highest BCUT2D eigenvalue weighted by Gasteiger charge is 2.20. The minimum absolute atomic E-state index is 0.0436. The maximum Gasteiger partial charge on any atom is 0.268 e. The molecule has 2 aromatic rings. The van der Waals surface area contributed by atoms with Gasteiger partial charge in [0.2, 0.25) is 10.0 Å². The number of para-hydroxylation sites is 1. The zero-order valence-corrected chi connectivity index (χ0v) is 16.3. The van der Waals surface area contributed by atoms with E-state index in [4.69, 9.17) is 0 Å². The number of amides is 1. The minimum Gasteiger partial charge on any atom is -0.380 e. The molecule has 0 bridgehead atoms. The Morgan fingerprint density at radius 2 is 1.85 bits per heavy atom. The van der Waals surface area contributed by atoms with Gasteiger partial charge in [0.1, 0.15) is 10.6 Å². The van der Waals surface area contributed by atoms with Crippen molar-refractivity contribution in [3.05, 3.63) is 48.3 Å². The Balaban J connectivity index is 2.07. The SMILES string of the molecule is CNS(=O)(=O)c1cc(C(=O)NCC(Nc2ccccc2)C(C)C)n(C)c1. The Morgan fingerprint density at radius 3 is 2.42 bits per heavy atom. The number of aromatic nitrogens is 1. The molecule has 0 saturated carbocycles. The molecule has 0 aliphatic carbocycles. The molecule has 1 heterocycles. The summed E-state index contributed by atoms with van der Waals surface area (Å²) >= 11 is 0. The number of sulfonamides is 1. The summed E-state index contributed by atoms with van der Waals surface area (Å²) in [6, 6.07) is 11.2. The molecule has 8 heteroatoms. The van der Waals surface area contributed by atoms with Gasteiger partial charge in [-0.15, -0.1) is 0 Å². The van der Waals surface area contributed by atoms with Crippen LogP contribution in [0.2, 0.25) is 0 Å². The molecule has 1 unspecified atom stereocenters. The largest absolute Gasteiger partial charge is 0.380 e. The maximum atomic E-state index is 12.5. The molecule has 1 amide bonds. The molecule has 142 valence electrons. The zero-order valence-electron chi connectivity index (χ0n) is 15.5. The molecule has 0 fully saturated rings. The lowest BCUT2D eigenvalue weighted by molar-refractivity contribution is 0.0942. The van der Waals surface area contributed by atoms with Crippen molar-refractivity contribution in [2.45, 2.75) is 24.8 Å². The normalized spacial score (nSPS) is 12.8. The molecule has 1 aromatic heterocycles. The molecular formula is C18H26N4O3S. The minimum atomic E-state index is -3.58. The van der Waals surface area contributed by atoms with Crippen molar-refractivity contribution in [1.82, 2.24) is 14.6 Å². The van der Waals surface area contributed by atoms with Crippen LogP contribution in [0.5, 0.6) is 0 Å². The molecule has 0 saturated heterocycles. The van der Waals surface area contributed by atoms with Crippen LogP contribution in [-0.2, 0) is 17.1 Å². The molecule has 1 aromatic carbocycles. The molecular weight excluding hydrogens is 352 g/mol. The molecule has 0 radical (unpaired) electrons. The number of benzene rings is 1. The van der Waals surface area contributed by atoms with Crippen molar-refractivity contribution in [3.8, 4) is 0 Å². The summed E-state index contributed by atoms with van der Waals surface area (Å²) < 4.78 is 27.5. The predicted octanol–water partition coefficient (Wildman–Crippen LogP) is 1.80. The average molecular weight is 378 g/mol. The number of nitrogens with zero attached hydrogens (tertiary/aromatic N) is 1. The molecule has 0 spiro atoms. The first-order valence-corrected chi connectivity index (χ1v) is 9.92. The number of nitrogens with one attached hydrogen (secondary N) is 3. The van der Waals surface area contributed by atoms with Crippen LogP contribution in [0.3, 0.4) is 0 Å².